The summed E-state index contributed by atoms with van der Waals surface area (Å²) in [4.78, 5) is 0.285. The Kier molecular flexibility index (Phi) is 4.77. The summed E-state index contributed by atoms with van der Waals surface area (Å²) in [6, 6.07) is 1.82. The lowest BCUT2D eigenvalue weighted by Gasteiger charge is -2.18. The molecule has 0 amide bonds. The van der Waals surface area contributed by atoms with Crippen LogP contribution in [0.5, 0.6) is 0 Å². The molecular weight excluding hydrogens is 286 g/mol. The van der Waals surface area contributed by atoms with Gasteiger partial charge in [0.25, 0.3) is 0 Å². The monoisotopic (exact) mass is 309 g/mol. The zero-order chi connectivity index (χ0) is 15.6. The SMILES string of the molecule is C#CCN(CC1CC1)S(=O)(=O)c1cc(CN)n(C(C)C)c1. The lowest BCUT2D eigenvalue weighted by molar-refractivity contribution is 0.430. The van der Waals surface area contributed by atoms with Gasteiger partial charge in [0.2, 0.25) is 10.0 Å². The minimum atomic E-state index is -3.55. The molecule has 0 bridgehead atoms. The van der Waals surface area contributed by atoms with E-state index in [2.05, 4.69) is 5.92 Å². The molecule has 0 unspecified atom stereocenters. The van der Waals surface area contributed by atoms with Gasteiger partial charge < -0.3 is 10.3 Å². The normalized spacial score (nSPS) is 15.6. The van der Waals surface area contributed by atoms with Crippen LogP contribution in [0.25, 0.3) is 0 Å². The topological polar surface area (TPSA) is 68.3 Å². The van der Waals surface area contributed by atoms with Gasteiger partial charge in [0.05, 0.1) is 6.54 Å². The molecule has 6 heteroatoms. The van der Waals surface area contributed by atoms with E-state index in [1.165, 1.54) is 4.31 Å². The Morgan fingerprint density at radius 2 is 2.19 bits per heavy atom. The van der Waals surface area contributed by atoms with Crippen molar-refractivity contribution in [1.82, 2.24) is 8.87 Å². The molecule has 0 aliphatic heterocycles. The minimum absolute atomic E-state index is 0.115. The Labute approximate surface area is 127 Å². The first-order chi connectivity index (χ1) is 9.90. The number of hydrogen-bond donors (Lipinski definition) is 1. The van der Waals surface area contributed by atoms with E-state index in [4.69, 9.17) is 12.2 Å². The highest BCUT2D eigenvalue weighted by molar-refractivity contribution is 7.89. The fraction of sp³-hybridized carbons (Fsp3) is 0.600. The molecule has 1 fully saturated rings. The van der Waals surface area contributed by atoms with Crippen molar-refractivity contribution < 1.29 is 8.42 Å². The largest absolute Gasteiger partial charge is 0.346 e. The fourth-order valence-electron chi connectivity index (χ4n) is 2.37. The predicted octanol–water partition coefficient (Wildman–Crippen LogP) is 1.56. The summed E-state index contributed by atoms with van der Waals surface area (Å²) in [5, 5.41) is 0. The zero-order valence-corrected chi connectivity index (χ0v) is 13.4. The van der Waals surface area contributed by atoms with Crippen LogP contribution >= 0.6 is 0 Å². The van der Waals surface area contributed by atoms with Gasteiger partial charge in [0.1, 0.15) is 4.90 Å². The van der Waals surface area contributed by atoms with Crippen molar-refractivity contribution in [3.05, 3.63) is 18.0 Å². The van der Waals surface area contributed by atoms with Crippen LogP contribution in [0.2, 0.25) is 0 Å². The van der Waals surface area contributed by atoms with E-state index in [-0.39, 0.29) is 17.5 Å². The van der Waals surface area contributed by atoms with Crippen LogP contribution in [0.3, 0.4) is 0 Å². The number of aromatic nitrogens is 1. The Hall–Kier alpha value is -1.29. The molecule has 0 aromatic carbocycles. The van der Waals surface area contributed by atoms with Crippen molar-refractivity contribution in [1.29, 1.82) is 0 Å². The molecule has 5 nitrogen and oxygen atoms in total. The van der Waals surface area contributed by atoms with Gasteiger partial charge in [-0.05, 0) is 38.7 Å². The number of terminal acetylenes is 1. The van der Waals surface area contributed by atoms with Crippen LogP contribution < -0.4 is 5.73 Å². The Balaban J connectivity index is 2.34. The van der Waals surface area contributed by atoms with Crippen LogP contribution in [0.1, 0.15) is 38.4 Å². The van der Waals surface area contributed by atoms with Crippen LogP contribution in [0, 0.1) is 18.3 Å². The molecule has 1 aliphatic rings. The second kappa shape index (κ2) is 6.22. The first-order valence-electron chi connectivity index (χ1n) is 7.24. The summed E-state index contributed by atoms with van der Waals surface area (Å²) in [7, 11) is -3.55. The van der Waals surface area contributed by atoms with E-state index in [1.807, 2.05) is 18.4 Å². The molecule has 1 saturated carbocycles. The minimum Gasteiger partial charge on any atom is -0.346 e. The summed E-state index contributed by atoms with van der Waals surface area (Å²) in [5.41, 5.74) is 6.52. The number of nitrogens with two attached hydrogens (primary N) is 1. The molecule has 1 aliphatic carbocycles. The third kappa shape index (κ3) is 3.49. The molecule has 0 saturated heterocycles. The number of rotatable bonds is 7. The molecule has 1 aromatic rings. The maximum absolute atomic E-state index is 12.8. The van der Waals surface area contributed by atoms with Crippen molar-refractivity contribution in [2.75, 3.05) is 13.1 Å². The third-order valence-electron chi connectivity index (χ3n) is 3.74. The highest BCUT2D eigenvalue weighted by Crippen LogP contribution is 2.32. The van der Waals surface area contributed by atoms with Gasteiger partial charge in [-0.2, -0.15) is 4.31 Å². The van der Waals surface area contributed by atoms with E-state index < -0.39 is 10.0 Å². The van der Waals surface area contributed by atoms with Gasteiger partial charge in [-0.1, -0.05) is 5.92 Å². The van der Waals surface area contributed by atoms with Gasteiger partial charge in [-0.25, -0.2) is 8.42 Å². The Morgan fingerprint density at radius 1 is 1.52 bits per heavy atom. The molecule has 1 aromatic heterocycles. The second-order valence-corrected chi connectivity index (χ2v) is 7.76. The van der Waals surface area contributed by atoms with Crippen LogP contribution in [-0.4, -0.2) is 30.4 Å². The van der Waals surface area contributed by atoms with Gasteiger partial charge in [-0.3, -0.25) is 0 Å². The van der Waals surface area contributed by atoms with Crippen molar-refractivity contribution >= 4 is 10.0 Å². The van der Waals surface area contributed by atoms with Crippen LogP contribution in [-0.2, 0) is 16.6 Å². The summed E-state index contributed by atoms with van der Waals surface area (Å²) in [5.74, 6) is 2.90. The van der Waals surface area contributed by atoms with Crippen LogP contribution in [0.15, 0.2) is 17.2 Å². The quantitative estimate of drug-likeness (QED) is 0.777. The summed E-state index contributed by atoms with van der Waals surface area (Å²) in [6.07, 6.45) is 9.16. The average molecular weight is 309 g/mol. The highest BCUT2D eigenvalue weighted by Gasteiger charge is 2.32. The second-order valence-electron chi connectivity index (χ2n) is 5.82. The molecule has 0 radical (unpaired) electrons. The summed E-state index contributed by atoms with van der Waals surface area (Å²) in [6.45, 7) is 4.93. The first kappa shape index (κ1) is 16.1. The van der Waals surface area contributed by atoms with E-state index in [0.29, 0.717) is 19.0 Å². The lowest BCUT2D eigenvalue weighted by atomic mass is 10.3. The van der Waals surface area contributed by atoms with Gasteiger partial charge in [0.15, 0.2) is 0 Å². The molecule has 2 rings (SSSR count). The van der Waals surface area contributed by atoms with Gasteiger partial charge >= 0.3 is 0 Å². The van der Waals surface area contributed by atoms with Crippen molar-refractivity contribution in [3.8, 4) is 12.3 Å². The lowest BCUT2D eigenvalue weighted by Crippen LogP contribution is -2.33. The van der Waals surface area contributed by atoms with Crippen molar-refractivity contribution in [3.63, 3.8) is 0 Å². The first-order valence-corrected chi connectivity index (χ1v) is 8.68. The Morgan fingerprint density at radius 3 is 2.62 bits per heavy atom. The molecule has 21 heavy (non-hydrogen) atoms. The smallest absolute Gasteiger partial charge is 0.245 e. The molecular formula is C15H23N3O2S. The highest BCUT2D eigenvalue weighted by atomic mass is 32.2. The van der Waals surface area contributed by atoms with Crippen molar-refractivity contribution in [2.45, 2.75) is 44.2 Å². The Bertz CT molecular complexity index is 636. The standard InChI is InChI=1S/C15H23N3O2S/c1-4-7-17(10-13-5-6-13)21(19,20)15-8-14(9-16)18(11-15)12(2)3/h1,8,11-13H,5-7,9-10,16H2,2-3H3. The maximum Gasteiger partial charge on any atom is 0.245 e. The molecule has 2 N–H and O–H groups in total. The van der Waals surface area contributed by atoms with Gasteiger partial charge in [0, 0.05) is 31.0 Å². The average Bonchev–Trinajstić information content (AvgIpc) is 3.12. The van der Waals surface area contributed by atoms with Crippen molar-refractivity contribution in [2.24, 2.45) is 11.7 Å². The fourth-order valence-corrected chi connectivity index (χ4v) is 3.85. The van der Waals surface area contributed by atoms with E-state index >= 15 is 0 Å². The summed E-state index contributed by atoms with van der Waals surface area (Å²) < 4.78 is 28.8. The number of nitrogens with zero attached hydrogens (tertiary/aromatic N) is 2. The molecule has 116 valence electrons. The zero-order valence-electron chi connectivity index (χ0n) is 12.6. The van der Waals surface area contributed by atoms with E-state index in [1.54, 1.807) is 12.3 Å². The van der Waals surface area contributed by atoms with Gasteiger partial charge in [-0.15, -0.1) is 6.42 Å². The summed E-state index contributed by atoms with van der Waals surface area (Å²) >= 11 is 0. The maximum atomic E-state index is 12.8. The third-order valence-corrected chi connectivity index (χ3v) is 5.51. The molecule has 1 heterocycles. The number of hydrogen-bond acceptors (Lipinski definition) is 3. The molecule has 0 spiro atoms. The predicted molar refractivity (Wildman–Crippen MR) is 83.0 cm³/mol. The molecule has 0 atom stereocenters. The van der Waals surface area contributed by atoms with E-state index in [9.17, 15) is 8.42 Å². The van der Waals surface area contributed by atoms with E-state index in [0.717, 1.165) is 18.5 Å². The van der Waals surface area contributed by atoms with Crippen LogP contribution in [0.4, 0.5) is 0 Å². The number of sulfonamides is 1.